The molecule has 1 heterocycles. The highest BCUT2D eigenvalue weighted by Gasteiger charge is 2.14. The molecule has 28 heavy (non-hydrogen) atoms. The number of aryl methyl sites for hydroxylation is 1. The molecular weight excluding hydrogens is 370 g/mol. The van der Waals surface area contributed by atoms with Gasteiger partial charge in [0.1, 0.15) is 5.82 Å². The number of H-pyrrole nitrogens is 1. The van der Waals surface area contributed by atoms with Crippen molar-refractivity contribution in [1.29, 1.82) is 0 Å². The van der Waals surface area contributed by atoms with Crippen LogP contribution in [0, 0.1) is 6.92 Å². The van der Waals surface area contributed by atoms with Crippen LogP contribution < -0.4 is 10.9 Å². The fourth-order valence-electron chi connectivity index (χ4n) is 2.80. The van der Waals surface area contributed by atoms with Crippen molar-refractivity contribution in [3.05, 3.63) is 70.3 Å². The molecule has 0 saturated heterocycles. The van der Waals surface area contributed by atoms with E-state index >= 15 is 0 Å². The van der Waals surface area contributed by atoms with Crippen molar-refractivity contribution in [2.45, 2.75) is 13.5 Å². The zero-order valence-corrected chi connectivity index (χ0v) is 17.2. The average Bonchev–Trinajstić information content (AvgIpc) is 2.66. The third kappa shape index (κ3) is 5.15. The average molecular weight is 396 g/mol. The first kappa shape index (κ1) is 20.0. The third-order valence-electron chi connectivity index (χ3n) is 4.41. The van der Waals surface area contributed by atoms with Crippen molar-refractivity contribution in [2.75, 3.05) is 32.5 Å². The Labute approximate surface area is 170 Å². The summed E-state index contributed by atoms with van der Waals surface area (Å²) in [6.07, 6.45) is 0. The number of para-hydroxylation sites is 1. The molecule has 0 saturated carbocycles. The molecule has 2 N–H and O–H groups in total. The SMILES string of the molecule is Cc1ccc(NC(=S)N(CCN(C)C)Cc2nc3ccccc3c(=O)[nH]2)cc1. The number of hydrogen-bond acceptors (Lipinski definition) is 4. The second-order valence-corrected chi connectivity index (χ2v) is 7.44. The number of aromatic nitrogens is 2. The molecule has 0 bridgehead atoms. The van der Waals surface area contributed by atoms with Gasteiger partial charge in [-0.3, -0.25) is 4.79 Å². The summed E-state index contributed by atoms with van der Waals surface area (Å²) < 4.78 is 0. The Balaban J connectivity index is 1.82. The maximum absolute atomic E-state index is 12.4. The van der Waals surface area contributed by atoms with Crippen LogP contribution in [0.5, 0.6) is 0 Å². The summed E-state index contributed by atoms with van der Waals surface area (Å²) in [6, 6.07) is 15.4. The fourth-order valence-corrected chi connectivity index (χ4v) is 3.08. The van der Waals surface area contributed by atoms with Gasteiger partial charge in [0.05, 0.1) is 17.4 Å². The lowest BCUT2D eigenvalue weighted by atomic mass is 10.2. The molecule has 0 atom stereocenters. The molecular formula is C21H25N5OS. The summed E-state index contributed by atoms with van der Waals surface area (Å²) >= 11 is 5.65. The number of thiocarbonyl (C=S) groups is 1. The molecule has 0 spiro atoms. The molecule has 0 aliphatic carbocycles. The number of nitrogens with zero attached hydrogens (tertiary/aromatic N) is 3. The minimum atomic E-state index is -0.134. The summed E-state index contributed by atoms with van der Waals surface area (Å²) in [6.45, 7) is 4.01. The van der Waals surface area contributed by atoms with Crippen molar-refractivity contribution in [2.24, 2.45) is 0 Å². The number of aromatic amines is 1. The smallest absolute Gasteiger partial charge is 0.258 e. The molecule has 2 aromatic carbocycles. The van der Waals surface area contributed by atoms with Crippen LogP contribution in [-0.2, 0) is 6.54 Å². The second-order valence-electron chi connectivity index (χ2n) is 7.05. The van der Waals surface area contributed by atoms with Gasteiger partial charge in [0.25, 0.3) is 5.56 Å². The highest BCUT2D eigenvalue weighted by atomic mass is 32.1. The zero-order chi connectivity index (χ0) is 20.1. The molecule has 3 aromatic rings. The monoisotopic (exact) mass is 395 g/mol. The van der Waals surface area contributed by atoms with E-state index in [9.17, 15) is 4.79 Å². The molecule has 0 aliphatic rings. The molecule has 0 unspecified atom stereocenters. The van der Waals surface area contributed by atoms with Gasteiger partial charge in [-0.05, 0) is 57.5 Å². The zero-order valence-electron chi connectivity index (χ0n) is 16.4. The molecule has 7 heteroatoms. The van der Waals surface area contributed by atoms with E-state index in [0.29, 0.717) is 34.9 Å². The number of anilines is 1. The van der Waals surface area contributed by atoms with Crippen LogP contribution in [0.4, 0.5) is 5.69 Å². The normalized spacial score (nSPS) is 11.0. The van der Waals surface area contributed by atoms with Gasteiger partial charge in [-0.15, -0.1) is 0 Å². The molecule has 146 valence electrons. The largest absolute Gasteiger partial charge is 0.340 e. The minimum Gasteiger partial charge on any atom is -0.340 e. The Morgan fingerprint density at radius 2 is 1.82 bits per heavy atom. The maximum atomic E-state index is 12.4. The van der Waals surface area contributed by atoms with E-state index in [0.717, 1.165) is 12.2 Å². The van der Waals surface area contributed by atoms with Crippen LogP contribution in [0.2, 0.25) is 0 Å². The Morgan fingerprint density at radius 3 is 2.54 bits per heavy atom. The highest BCUT2D eigenvalue weighted by molar-refractivity contribution is 7.80. The summed E-state index contributed by atoms with van der Waals surface area (Å²) in [5, 5.41) is 4.47. The molecule has 0 aliphatic heterocycles. The molecule has 0 amide bonds. The summed E-state index contributed by atoms with van der Waals surface area (Å²) in [7, 11) is 4.04. The van der Waals surface area contributed by atoms with Crippen LogP contribution in [-0.4, -0.2) is 52.1 Å². The standard InChI is InChI=1S/C21H25N5OS/c1-15-8-10-16(11-9-15)22-21(28)26(13-12-25(2)3)14-19-23-18-7-5-4-6-17(18)20(27)24-19/h4-11H,12-14H2,1-3H3,(H,22,28)(H,23,24,27). The van der Waals surface area contributed by atoms with E-state index in [1.54, 1.807) is 6.07 Å². The van der Waals surface area contributed by atoms with Crippen LogP contribution in [0.3, 0.4) is 0 Å². The minimum absolute atomic E-state index is 0.134. The molecule has 0 fully saturated rings. The summed E-state index contributed by atoms with van der Waals surface area (Å²) in [5.41, 5.74) is 2.68. The van der Waals surface area contributed by atoms with Gasteiger partial charge in [0.15, 0.2) is 5.11 Å². The Hall–Kier alpha value is -2.77. The number of benzene rings is 2. The van der Waals surface area contributed by atoms with Crippen molar-refractivity contribution in [3.8, 4) is 0 Å². The van der Waals surface area contributed by atoms with E-state index in [1.807, 2.05) is 68.4 Å². The Bertz CT molecular complexity index is 1010. The lowest BCUT2D eigenvalue weighted by molar-refractivity contribution is 0.323. The van der Waals surface area contributed by atoms with E-state index in [1.165, 1.54) is 5.56 Å². The Kier molecular flexibility index (Phi) is 6.38. The summed E-state index contributed by atoms with van der Waals surface area (Å²) in [5.74, 6) is 0.593. The lowest BCUT2D eigenvalue weighted by Crippen LogP contribution is -2.39. The van der Waals surface area contributed by atoms with Crippen LogP contribution in [0.15, 0.2) is 53.3 Å². The predicted octanol–water partition coefficient (Wildman–Crippen LogP) is 2.99. The first-order chi connectivity index (χ1) is 13.4. The first-order valence-electron chi connectivity index (χ1n) is 9.17. The van der Waals surface area contributed by atoms with Crippen LogP contribution in [0.25, 0.3) is 10.9 Å². The van der Waals surface area contributed by atoms with Crippen LogP contribution in [0.1, 0.15) is 11.4 Å². The summed E-state index contributed by atoms with van der Waals surface area (Å²) in [4.78, 5) is 24.0. The van der Waals surface area contributed by atoms with Crippen LogP contribution >= 0.6 is 12.2 Å². The number of fused-ring (bicyclic) bond motifs is 1. The van der Waals surface area contributed by atoms with E-state index in [2.05, 4.69) is 20.2 Å². The topological polar surface area (TPSA) is 64.3 Å². The van der Waals surface area contributed by atoms with E-state index < -0.39 is 0 Å². The van der Waals surface area contributed by atoms with Gasteiger partial charge >= 0.3 is 0 Å². The number of hydrogen-bond donors (Lipinski definition) is 2. The van der Waals surface area contributed by atoms with E-state index in [4.69, 9.17) is 12.2 Å². The molecule has 3 rings (SSSR count). The van der Waals surface area contributed by atoms with Gasteiger partial charge in [-0.1, -0.05) is 29.8 Å². The quantitative estimate of drug-likeness (QED) is 0.626. The van der Waals surface area contributed by atoms with Crippen molar-refractivity contribution in [1.82, 2.24) is 19.8 Å². The number of likely N-dealkylation sites (N-methyl/N-ethyl adjacent to an activating group) is 1. The number of nitrogens with one attached hydrogen (secondary N) is 2. The van der Waals surface area contributed by atoms with E-state index in [-0.39, 0.29) is 5.56 Å². The molecule has 0 radical (unpaired) electrons. The third-order valence-corrected chi connectivity index (χ3v) is 4.77. The number of rotatable bonds is 6. The molecule has 6 nitrogen and oxygen atoms in total. The maximum Gasteiger partial charge on any atom is 0.258 e. The Morgan fingerprint density at radius 1 is 1.11 bits per heavy atom. The van der Waals surface area contributed by atoms with Gasteiger partial charge < -0.3 is 20.1 Å². The second kappa shape index (κ2) is 8.95. The van der Waals surface area contributed by atoms with Crippen molar-refractivity contribution in [3.63, 3.8) is 0 Å². The van der Waals surface area contributed by atoms with Gasteiger partial charge in [0.2, 0.25) is 0 Å². The fraction of sp³-hybridized carbons (Fsp3) is 0.286. The van der Waals surface area contributed by atoms with Gasteiger partial charge in [-0.25, -0.2) is 4.98 Å². The van der Waals surface area contributed by atoms with Gasteiger partial charge in [-0.2, -0.15) is 0 Å². The highest BCUT2D eigenvalue weighted by Crippen LogP contribution is 2.12. The first-order valence-corrected chi connectivity index (χ1v) is 9.58. The van der Waals surface area contributed by atoms with Crippen molar-refractivity contribution >= 4 is 33.9 Å². The van der Waals surface area contributed by atoms with Crippen molar-refractivity contribution < 1.29 is 0 Å². The lowest BCUT2D eigenvalue weighted by Gasteiger charge is -2.27. The van der Waals surface area contributed by atoms with Gasteiger partial charge in [0, 0.05) is 18.8 Å². The predicted molar refractivity (Wildman–Crippen MR) is 119 cm³/mol. The molecule has 1 aromatic heterocycles.